The number of pyridine rings is 1. The van der Waals surface area contributed by atoms with Crippen LogP contribution in [-0.4, -0.2) is 9.55 Å². The van der Waals surface area contributed by atoms with Crippen LogP contribution in [0.3, 0.4) is 0 Å². The van der Waals surface area contributed by atoms with E-state index in [4.69, 9.17) is 9.40 Å². The Morgan fingerprint density at radius 1 is 0.417 bits per heavy atom. The lowest BCUT2D eigenvalue weighted by molar-refractivity contribution is 0.670. The molecule has 0 radical (unpaired) electrons. The second kappa shape index (κ2) is 10.5. The highest BCUT2D eigenvalue weighted by atomic mass is 16.3. The van der Waals surface area contributed by atoms with Crippen LogP contribution < -0.4 is 0 Å². The molecule has 0 aliphatic carbocycles. The molecule has 0 aliphatic rings. The second-order valence-electron chi connectivity index (χ2n) is 12.4. The van der Waals surface area contributed by atoms with Crippen LogP contribution >= 0.6 is 0 Å². The molecular weight excluding hydrogens is 585 g/mol. The third-order valence-electron chi connectivity index (χ3n) is 9.60. The molecule has 0 unspecified atom stereocenters. The molecule has 0 N–H and O–H groups in total. The van der Waals surface area contributed by atoms with Gasteiger partial charge < -0.3 is 8.98 Å². The van der Waals surface area contributed by atoms with Crippen LogP contribution in [0.4, 0.5) is 0 Å². The molecule has 10 rings (SSSR count). The summed E-state index contributed by atoms with van der Waals surface area (Å²) in [6, 6.07) is 60.3. The van der Waals surface area contributed by atoms with E-state index in [0.29, 0.717) is 0 Å². The van der Waals surface area contributed by atoms with Gasteiger partial charge in [0.05, 0.1) is 16.6 Å². The Labute approximate surface area is 277 Å². The molecule has 0 amide bonds. The van der Waals surface area contributed by atoms with E-state index in [1.165, 1.54) is 44.1 Å². The van der Waals surface area contributed by atoms with Crippen molar-refractivity contribution < 1.29 is 4.42 Å². The summed E-state index contributed by atoms with van der Waals surface area (Å²) >= 11 is 0. The summed E-state index contributed by atoms with van der Waals surface area (Å²) in [4.78, 5) is 5.04. The largest absolute Gasteiger partial charge is 0.454 e. The van der Waals surface area contributed by atoms with E-state index in [1.54, 1.807) is 0 Å². The molecule has 0 spiro atoms. The number of nitrogens with zero attached hydrogens (tertiary/aromatic N) is 2. The van der Waals surface area contributed by atoms with E-state index in [1.807, 2.05) is 24.3 Å². The van der Waals surface area contributed by atoms with E-state index in [9.17, 15) is 0 Å². The summed E-state index contributed by atoms with van der Waals surface area (Å²) in [5, 5.41) is 4.58. The van der Waals surface area contributed by atoms with Crippen LogP contribution in [0.25, 0.3) is 93.8 Å². The Kier molecular flexibility index (Phi) is 5.87. The molecule has 10 aromatic rings. The average Bonchev–Trinajstić information content (AvgIpc) is 3.69. The molecule has 0 aliphatic heterocycles. The highest BCUT2D eigenvalue weighted by molar-refractivity contribution is 6.15. The van der Waals surface area contributed by atoms with Crippen LogP contribution in [0, 0.1) is 0 Å². The number of benzene rings is 7. The summed E-state index contributed by atoms with van der Waals surface area (Å²) < 4.78 is 8.88. The summed E-state index contributed by atoms with van der Waals surface area (Å²) in [6.45, 7) is 0. The molecule has 224 valence electrons. The number of furan rings is 1. The lowest BCUT2D eigenvalue weighted by Gasteiger charge is -2.12. The molecule has 0 atom stereocenters. The van der Waals surface area contributed by atoms with Crippen molar-refractivity contribution in [2.45, 2.75) is 0 Å². The molecule has 3 nitrogen and oxygen atoms in total. The number of para-hydroxylation sites is 2. The van der Waals surface area contributed by atoms with Gasteiger partial charge in [0.25, 0.3) is 0 Å². The molecule has 48 heavy (non-hydrogen) atoms. The van der Waals surface area contributed by atoms with Crippen molar-refractivity contribution in [3.63, 3.8) is 0 Å². The molecule has 3 heteroatoms. The van der Waals surface area contributed by atoms with Crippen molar-refractivity contribution in [2.75, 3.05) is 0 Å². The first-order valence-electron chi connectivity index (χ1n) is 16.3. The van der Waals surface area contributed by atoms with Gasteiger partial charge in [-0.05, 0) is 82.4 Å². The minimum absolute atomic E-state index is 0.821. The smallest absolute Gasteiger partial charge is 0.162 e. The highest BCUT2D eigenvalue weighted by Crippen LogP contribution is 2.41. The fourth-order valence-electron chi connectivity index (χ4n) is 7.32. The Bertz CT molecular complexity index is 2710. The van der Waals surface area contributed by atoms with Crippen molar-refractivity contribution in [3.8, 4) is 39.1 Å². The SMILES string of the molecule is c1ccc(-c2ccc3c(c2)c2cc(-c4ccccc4)ccc2n3-c2ccc(-c3c4ccccc4nc4c3oc3ccccc34)cc2)cc1. The fraction of sp³-hybridized carbons (Fsp3) is 0. The first-order valence-corrected chi connectivity index (χ1v) is 16.3. The van der Waals surface area contributed by atoms with Crippen molar-refractivity contribution >= 4 is 54.8 Å². The number of hydrogen-bond donors (Lipinski definition) is 0. The maximum absolute atomic E-state index is 6.49. The highest BCUT2D eigenvalue weighted by Gasteiger charge is 2.19. The minimum Gasteiger partial charge on any atom is -0.454 e. The number of rotatable bonds is 4. The first kappa shape index (κ1) is 26.7. The Morgan fingerprint density at radius 2 is 0.958 bits per heavy atom. The normalized spacial score (nSPS) is 11.8. The zero-order valence-corrected chi connectivity index (χ0v) is 26.0. The summed E-state index contributed by atoms with van der Waals surface area (Å²) in [5.41, 5.74) is 14.0. The predicted octanol–water partition coefficient (Wildman–Crippen LogP) is 12.2. The Balaban J connectivity index is 1.18. The van der Waals surface area contributed by atoms with Crippen molar-refractivity contribution in [1.29, 1.82) is 0 Å². The lowest BCUT2D eigenvalue weighted by Crippen LogP contribution is -1.94. The van der Waals surface area contributed by atoms with Gasteiger partial charge in [-0.25, -0.2) is 4.98 Å². The number of fused-ring (bicyclic) bond motifs is 7. The van der Waals surface area contributed by atoms with Crippen molar-refractivity contribution in [2.24, 2.45) is 0 Å². The molecule has 7 aromatic carbocycles. The van der Waals surface area contributed by atoms with Crippen LogP contribution in [0.5, 0.6) is 0 Å². The first-order chi connectivity index (χ1) is 23.8. The Morgan fingerprint density at radius 3 is 1.60 bits per heavy atom. The van der Waals surface area contributed by atoms with Gasteiger partial charge >= 0.3 is 0 Å². The van der Waals surface area contributed by atoms with E-state index >= 15 is 0 Å². The van der Waals surface area contributed by atoms with Gasteiger partial charge in [0.2, 0.25) is 0 Å². The monoisotopic (exact) mass is 612 g/mol. The van der Waals surface area contributed by atoms with E-state index in [0.717, 1.165) is 49.8 Å². The van der Waals surface area contributed by atoms with Gasteiger partial charge in [0, 0.05) is 32.8 Å². The quantitative estimate of drug-likeness (QED) is 0.198. The molecular formula is C45H28N2O. The summed E-state index contributed by atoms with van der Waals surface area (Å²) in [6.07, 6.45) is 0. The van der Waals surface area contributed by atoms with Crippen LogP contribution in [0.15, 0.2) is 174 Å². The maximum atomic E-state index is 6.49. The molecule has 0 fully saturated rings. The van der Waals surface area contributed by atoms with E-state index in [-0.39, 0.29) is 0 Å². The molecule has 0 saturated carbocycles. The zero-order valence-electron chi connectivity index (χ0n) is 26.0. The van der Waals surface area contributed by atoms with Crippen molar-refractivity contribution in [1.82, 2.24) is 9.55 Å². The van der Waals surface area contributed by atoms with Crippen LogP contribution in [0.2, 0.25) is 0 Å². The Hall–Kier alpha value is -6.45. The summed E-state index contributed by atoms with van der Waals surface area (Å²) in [5.74, 6) is 0. The molecule has 3 aromatic heterocycles. The van der Waals surface area contributed by atoms with E-state index < -0.39 is 0 Å². The topological polar surface area (TPSA) is 31.0 Å². The third-order valence-corrected chi connectivity index (χ3v) is 9.60. The fourth-order valence-corrected chi connectivity index (χ4v) is 7.32. The van der Waals surface area contributed by atoms with Gasteiger partial charge in [0.1, 0.15) is 11.1 Å². The van der Waals surface area contributed by atoms with Gasteiger partial charge in [0.15, 0.2) is 5.58 Å². The number of aromatic nitrogens is 2. The number of hydrogen-bond acceptors (Lipinski definition) is 2. The van der Waals surface area contributed by atoms with Gasteiger partial charge in [-0.2, -0.15) is 0 Å². The van der Waals surface area contributed by atoms with Gasteiger partial charge in [-0.15, -0.1) is 0 Å². The van der Waals surface area contributed by atoms with Crippen molar-refractivity contribution in [3.05, 3.63) is 170 Å². The maximum Gasteiger partial charge on any atom is 0.162 e. The standard InChI is InChI=1S/C45H28N2O/c1-3-11-29(12-4-1)32-21-25-40-37(27-32)38-28-33(30-13-5-2-6-14-30)22-26-41(38)47(40)34-23-19-31(20-24-34)43-35-15-7-9-17-39(35)46-44-36-16-8-10-18-42(36)48-45(43)44/h1-28H. The summed E-state index contributed by atoms with van der Waals surface area (Å²) in [7, 11) is 0. The van der Waals surface area contributed by atoms with Gasteiger partial charge in [-0.3, -0.25) is 0 Å². The van der Waals surface area contributed by atoms with Gasteiger partial charge in [-0.1, -0.05) is 115 Å². The molecule has 3 heterocycles. The predicted molar refractivity (Wildman–Crippen MR) is 200 cm³/mol. The third kappa shape index (κ3) is 4.11. The van der Waals surface area contributed by atoms with Crippen LogP contribution in [-0.2, 0) is 0 Å². The molecule has 0 bridgehead atoms. The second-order valence-corrected chi connectivity index (χ2v) is 12.4. The zero-order chi connectivity index (χ0) is 31.6. The average molecular weight is 613 g/mol. The minimum atomic E-state index is 0.821. The molecule has 0 saturated heterocycles. The van der Waals surface area contributed by atoms with E-state index in [2.05, 4.69) is 150 Å². The van der Waals surface area contributed by atoms with Crippen LogP contribution in [0.1, 0.15) is 0 Å². The lowest BCUT2D eigenvalue weighted by atomic mass is 9.99.